The van der Waals surface area contributed by atoms with Gasteiger partial charge in [0.1, 0.15) is 0 Å². The van der Waals surface area contributed by atoms with Crippen molar-refractivity contribution in [2.75, 3.05) is 6.61 Å². The van der Waals surface area contributed by atoms with Gasteiger partial charge in [-0.1, -0.05) is 0 Å². The fraction of sp³-hybridized carbons (Fsp3) is 0.222. The van der Waals surface area contributed by atoms with Gasteiger partial charge in [0, 0.05) is 0 Å². The molecular formula is C9H9NaO2. The molecule has 0 heterocycles. The fourth-order valence-corrected chi connectivity index (χ4v) is 0.737. The van der Waals surface area contributed by atoms with Crippen molar-refractivity contribution in [3.63, 3.8) is 0 Å². The first-order valence-corrected chi connectivity index (χ1v) is 3.48. The van der Waals surface area contributed by atoms with Crippen LogP contribution in [0.2, 0.25) is 0 Å². The number of carbonyl (C=O) groups excluding carboxylic acids is 1. The largest absolute Gasteiger partial charge is 1.00 e. The summed E-state index contributed by atoms with van der Waals surface area (Å²) in [6, 6.07) is 9.55. The van der Waals surface area contributed by atoms with Crippen LogP contribution in [-0.4, -0.2) is 12.6 Å². The van der Waals surface area contributed by atoms with E-state index in [0.29, 0.717) is 12.2 Å². The smallest absolute Gasteiger partial charge is 0.464 e. The maximum atomic E-state index is 11.0. The van der Waals surface area contributed by atoms with Crippen molar-refractivity contribution in [1.82, 2.24) is 0 Å². The number of ether oxygens (including phenoxy) is 1. The summed E-state index contributed by atoms with van der Waals surface area (Å²) in [6.45, 7) is 2.20. The Bertz CT molecular complexity index is 234. The fourth-order valence-electron chi connectivity index (χ4n) is 0.737. The van der Waals surface area contributed by atoms with Gasteiger partial charge in [-0.15, -0.1) is 0 Å². The molecule has 0 aliphatic carbocycles. The van der Waals surface area contributed by atoms with Crippen molar-refractivity contribution in [2.24, 2.45) is 0 Å². The van der Waals surface area contributed by atoms with Gasteiger partial charge in [-0.3, -0.25) is 0 Å². The molecule has 58 valence electrons. The van der Waals surface area contributed by atoms with E-state index in [1.807, 2.05) is 0 Å². The number of esters is 1. The van der Waals surface area contributed by atoms with E-state index in [4.69, 9.17) is 4.74 Å². The van der Waals surface area contributed by atoms with Crippen molar-refractivity contribution in [3.05, 3.63) is 35.9 Å². The molecular weight excluding hydrogens is 163 g/mol. The molecule has 1 rings (SSSR count). The predicted octanol–water partition coefficient (Wildman–Crippen LogP) is -1.33. The summed E-state index contributed by atoms with van der Waals surface area (Å²) >= 11 is 0. The predicted molar refractivity (Wildman–Crippen MR) is 41.2 cm³/mol. The summed E-state index contributed by atoms with van der Waals surface area (Å²) in [5, 5.41) is 0. The van der Waals surface area contributed by atoms with E-state index in [-0.39, 0.29) is 35.5 Å². The Balaban J connectivity index is 0.00000121. The molecule has 0 unspecified atom stereocenters. The van der Waals surface area contributed by atoms with Gasteiger partial charge in [0.05, 0.1) is 6.61 Å². The second kappa shape index (κ2) is 6.23. The first-order chi connectivity index (χ1) is 5.34. The topological polar surface area (TPSA) is 26.3 Å². The number of hydrogen-bond donors (Lipinski definition) is 0. The van der Waals surface area contributed by atoms with Crippen LogP contribution in [-0.2, 0) is 4.74 Å². The Labute approximate surface area is 94.2 Å². The van der Waals surface area contributed by atoms with Crippen molar-refractivity contribution in [2.45, 2.75) is 6.92 Å². The van der Waals surface area contributed by atoms with Gasteiger partial charge in [-0.25, -0.2) is 4.79 Å². The molecule has 0 saturated carbocycles. The summed E-state index contributed by atoms with van der Waals surface area (Å²) in [6.07, 6.45) is 0. The van der Waals surface area contributed by atoms with Gasteiger partial charge in [-0.2, -0.15) is 30.3 Å². The van der Waals surface area contributed by atoms with E-state index < -0.39 is 0 Å². The van der Waals surface area contributed by atoms with Gasteiger partial charge in [-0.05, 0) is 12.5 Å². The van der Waals surface area contributed by atoms with Crippen LogP contribution >= 0.6 is 0 Å². The van der Waals surface area contributed by atoms with Crippen LogP contribution in [0.1, 0.15) is 17.3 Å². The van der Waals surface area contributed by atoms with E-state index in [0.717, 1.165) is 0 Å². The second-order valence-corrected chi connectivity index (χ2v) is 2.01. The molecule has 2 nitrogen and oxygen atoms in total. The molecule has 0 aromatic heterocycles. The van der Waals surface area contributed by atoms with Crippen molar-refractivity contribution < 1.29 is 39.1 Å². The van der Waals surface area contributed by atoms with E-state index in [9.17, 15) is 4.79 Å². The third-order valence-electron chi connectivity index (χ3n) is 1.23. The molecule has 0 saturated heterocycles. The second-order valence-electron chi connectivity index (χ2n) is 2.01. The Morgan fingerprint density at radius 2 is 2.08 bits per heavy atom. The van der Waals surface area contributed by atoms with Gasteiger partial charge in [0.15, 0.2) is 0 Å². The van der Waals surface area contributed by atoms with Crippen molar-refractivity contribution >= 4 is 5.97 Å². The van der Waals surface area contributed by atoms with Crippen LogP contribution in [0.5, 0.6) is 0 Å². The zero-order valence-corrected chi connectivity index (χ0v) is 9.33. The van der Waals surface area contributed by atoms with Crippen molar-refractivity contribution in [1.29, 1.82) is 0 Å². The normalized spacial score (nSPS) is 8.42. The maximum Gasteiger partial charge on any atom is 1.00 e. The number of rotatable bonds is 2. The van der Waals surface area contributed by atoms with Crippen LogP contribution in [0.25, 0.3) is 0 Å². The first-order valence-electron chi connectivity index (χ1n) is 3.48. The zero-order valence-electron chi connectivity index (χ0n) is 7.33. The van der Waals surface area contributed by atoms with E-state index >= 15 is 0 Å². The number of hydrogen-bond acceptors (Lipinski definition) is 2. The van der Waals surface area contributed by atoms with Crippen LogP contribution in [0, 0.1) is 6.07 Å². The monoisotopic (exact) mass is 172 g/mol. The minimum Gasteiger partial charge on any atom is -0.464 e. The molecule has 0 amide bonds. The average molecular weight is 172 g/mol. The number of carbonyl (C=O) groups is 1. The molecule has 3 heteroatoms. The Morgan fingerprint density at radius 3 is 2.58 bits per heavy atom. The molecule has 0 spiro atoms. The molecule has 0 aliphatic rings. The Hall–Kier alpha value is -0.310. The molecule has 1 aromatic carbocycles. The standard InChI is InChI=1S/C9H9O2.Na/c1-2-11-9(10)8-6-4-3-5-7-8;/h4-7H,2H2,1H3;/q-1;+1. The number of benzene rings is 1. The molecule has 0 radical (unpaired) electrons. The zero-order chi connectivity index (χ0) is 8.10. The third kappa shape index (κ3) is 3.39. The van der Waals surface area contributed by atoms with E-state index in [1.54, 1.807) is 31.2 Å². The van der Waals surface area contributed by atoms with E-state index in [1.165, 1.54) is 0 Å². The molecule has 0 bridgehead atoms. The van der Waals surface area contributed by atoms with Crippen LogP contribution in [0.15, 0.2) is 24.3 Å². The van der Waals surface area contributed by atoms with Gasteiger partial charge in [0.25, 0.3) is 0 Å². The van der Waals surface area contributed by atoms with Gasteiger partial charge >= 0.3 is 35.5 Å². The van der Waals surface area contributed by atoms with E-state index in [2.05, 4.69) is 6.07 Å². The first kappa shape index (κ1) is 11.7. The third-order valence-corrected chi connectivity index (χ3v) is 1.23. The minimum absolute atomic E-state index is 0. The van der Waals surface area contributed by atoms with Gasteiger partial charge < -0.3 is 4.74 Å². The maximum absolute atomic E-state index is 11.0. The van der Waals surface area contributed by atoms with Crippen LogP contribution in [0.3, 0.4) is 0 Å². The summed E-state index contributed by atoms with van der Waals surface area (Å²) in [4.78, 5) is 11.0. The quantitative estimate of drug-likeness (QED) is 0.314. The Kier molecular flexibility index (Phi) is 6.07. The average Bonchev–Trinajstić information content (AvgIpc) is 2.07. The summed E-state index contributed by atoms with van der Waals surface area (Å²) in [5.41, 5.74) is 0.575. The SMILES string of the molecule is CCOC(=O)c1cc[c-]cc1.[Na+]. The summed E-state index contributed by atoms with van der Waals surface area (Å²) in [7, 11) is 0. The van der Waals surface area contributed by atoms with Gasteiger partial charge in [0.2, 0.25) is 0 Å². The minimum atomic E-state index is -0.276. The molecule has 0 atom stereocenters. The molecule has 0 fully saturated rings. The summed E-state index contributed by atoms with van der Waals surface area (Å²) < 4.78 is 4.78. The molecule has 1 aromatic rings. The molecule has 12 heavy (non-hydrogen) atoms. The molecule has 0 N–H and O–H groups in total. The summed E-state index contributed by atoms with van der Waals surface area (Å²) in [5.74, 6) is -0.276. The van der Waals surface area contributed by atoms with Crippen LogP contribution < -0.4 is 29.6 Å². The Morgan fingerprint density at radius 1 is 1.50 bits per heavy atom. The van der Waals surface area contributed by atoms with Crippen LogP contribution in [0.4, 0.5) is 0 Å². The molecule has 0 aliphatic heterocycles. The van der Waals surface area contributed by atoms with Crippen molar-refractivity contribution in [3.8, 4) is 0 Å².